The van der Waals surface area contributed by atoms with Gasteiger partial charge in [-0.25, -0.2) is 0 Å². The van der Waals surface area contributed by atoms with E-state index in [1.54, 1.807) is 24.3 Å². The summed E-state index contributed by atoms with van der Waals surface area (Å²) in [5.74, 6) is 0.630. The number of nitrogens with one attached hydrogen (secondary N) is 1. The van der Waals surface area contributed by atoms with Crippen LogP contribution < -0.4 is 14.4 Å². The van der Waals surface area contributed by atoms with Crippen LogP contribution in [0.15, 0.2) is 54.2 Å². The van der Waals surface area contributed by atoms with Crippen LogP contribution in [0.2, 0.25) is 0 Å². The van der Waals surface area contributed by atoms with Crippen LogP contribution in [0.4, 0.5) is 0 Å². The number of esters is 1. The molecule has 0 aliphatic rings. The molecule has 174 valence electrons. The Morgan fingerprint density at radius 1 is 1.00 bits per heavy atom. The van der Waals surface area contributed by atoms with E-state index in [4.69, 9.17) is 18.5 Å². The van der Waals surface area contributed by atoms with Gasteiger partial charge in [-0.2, -0.15) is 8.42 Å². The number of rotatable bonds is 13. The molecule has 0 spiro atoms. The van der Waals surface area contributed by atoms with E-state index in [0.717, 1.165) is 23.8 Å². The van der Waals surface area contributed by atoms with E-state index < -0.39 is 10.1 Å². The molecule has 8 nitrogen and oxygen atoms in total. The van der Waals surface area contributed by atoms with Crippen LogP contribution in [0.3, 0.4) is 0 Å². The van der Waals surface area contributed by atoms with E-state index in [-0.39, 0.29) is 18.1 Å². The molecule has 9 heteroatoms. The zero-order valence-corrected chi connectivity index (χ0v) is 19.3. The predicted molar refractivity (Wildman–Crippen MR) is 122 cm³/mol. The van der Waals surface area contributed by atoms with Gasteiger partial charge in [-0.1, -0.05) is 31.2 Å². The van der Waals surface area contributed by atoms with Crippen LogP contribution in [0.5, 0.6) is 11.5 Å². The second kappa shape index (κ2) is 12.7. The highest BCUT2D eigenvalue weighted by atomic mass is 32.2. The van der Waals surface area contributed by atoms with Gasteiger partial charge in [0.1, 0.15) is 11.5 Å². The molecular formula is C23H29NO7S. The van der Waals surface area contributed by atoms with Crippen molar-refractivity contribution < 1.29 is 31.7 Å². The molecule has 2 aromatic carbocycles. The maximum atomic E-state index is 11.6. The normalized spacial score (nSPS) is 11.7. The molecule has 0 fully saturated rings. The number of hydroxylamine groups is 1. The van der Waals surface area contributed by atoms with Crippen LogP contribution in [0.1, 0.15) is 30.9 Å². The summed E-state index contributed by atoms with van der Waals surface area (Å²) in [7, 11) is -2.19. The van der Waals surface area contributed by atoms with Crippen molar-refractivity contribution in [2.75, 3.05) is 26.6 Å². The molecular weight excluding hydrogens is 434 g/mol. The van der Waals surface area contributed by atoms with Crippen LogP contribution in [0, 0.1) is 0 Å². The van der Waals surface area contributed by atoms with Gasteiger partial charge in [0.2, 0.25) is 0 Å². The van der Waals surface area contributed by atoms with Gasteiger partial charge in [0.05, 0.1) is 33.0 Å². The fourth-order valence-corrected chi connectivity index (χ4v) is 3.09. The van der Waals surface area contributed by atoms with Crippen LogP contribution in [0.25, 0.3) is 6.08 Å². The Morgan fingerprint density at radius 2 is 1.66 bits per heavy atom. The summed E-state index contributed by atoms with van der Waals surface area (Å²) in [6.07, 6.45) is 4.40. The highest BCUT2D eigenvalue weighted by Crippen LogP contribution is 2.17. The zero-order valence-electron chi connectivity index (χ0n) is 18.5. The molecule has 0 radical (unpaired) electrons. The lowest BCUT2D eigenvalue weighted by atomic mass is 10.1. The van der Waals surface area contributed by atoms with Crippen molar-refractivity contribution in [3.05, 3.63) is 65.4 Å². The van der Waals surface area contributed by atoms with Crippen molar-refractivity contribution in [1.29, 1.82) is 0 Å². The van der Waals surface area contributed by atoms with Crippen LogP contribution >= 0.6 is 0 Å². The molecule has 0 heterocycles. The van der Waals surface area contributed by atoms with Crippen molar-refractivity contribution in [2.45, 2.75) is 26.2 Å². The Labute approximate surface area is 189 Å². The van der Waals surface area contributed by atoms with Gasteiger partial charge in [-0.3, -0.25) is 15.1 Å². The smallest absolute Gasteiger partial charge is 0.311 e. The van der Waals surface area contributed by atoms with Gasteiger partial charge in [0.25, 0.3) is 0 Å². The van der Waals surface area contributed by atoms with Crippen molar-refractivity contribution in [3.63, 3.8) is 0 Å². The summed E-state index contributed by atoms with van der Waals surface area (Å²) in [5.41, 5.74) is 5.28. The number of carbonyl (C=O) groups is 1. The molecule has 2 aromatic rings. The second-order valence-corrected chi connectivity index (χ2v) is 8.55. The van der Waals surface area contributed by atoms with E-state index in [2.05, 4.69) is 5.48 Å². The third kappa shape index (κ3) is 9.84. The van der Waals surface area contributed by atoms with E-state index in [9.17, 15) is 13.2 Å². The molecule has 0 atom stereocenters. The summed E-state index contributed by atoms with van der Waals surface area (Å²) in [5, 5.41) is 0. The minimum atomic E-state index is -3.53. The summed E-state index contributed by atoms with van der Waals surface area (Å²) in [6, 6.07) is 14.3. The van der Waals surface area contributed by atoms with Crippen molar-refractivity contribution >= 4 is 22.2 Å². The topological polar surface area (TPSA) is 100 Å². The number of methoxy groups -OCH3 is 1. The molecule has 1 N–H and O–H groups in total. The third-order valence-corrected chi connectivity index (χ3v) is 4.62. The molecule has 0 aromatic heterocycles. The minimum Gasteiger partial charge on any atom is -0.493 e. The van der Waals surface area contributed by atoms with Crippen LogP contribution in [-0.2, 0) is 30.9 Å². The van der Waals surface area contributed by atoms with Gasteiger partial charge >= 0.3 is 16.1 Å². The minimum absolute atomic E-state index is 0.0759. The van der Waals surface area contributed by atoms with E-state index in [0.29, 0.717) is 31.1 Å². The molecule has 0 aliphatic heterocycles. The standard InChI is InChI=1S/C23H29NO7S/c1-4-14-30-24-20(17-23(25)28-2)16-19-7-9-21(10-8-19)29-15-13-18-5-11-22(12-6-18)31-32(3,26)27/h5-12,16,24H,4,13-15,17H2,1-3H3. The fourth-order valence-electron chi connectivity index (χ4n) is 2.62. The molecule has 0 amide bonds. The molecule has 0 bridgehead atoms. The first-order valence-electron chi connectivity index (χ1n) is 10.2. The third-order valence-electron chi connectivity index (χ3n) is 4.12. The highest BCUT2D eigenvalue weighted by molar-refractivity contribution is 7.86. The molecule has 0 saturated heterocycles. The van der Waals surface area contributed by atoms with Crippen molar-refractivity contribution in [2.24, 2.45) is 0 Å². The predicted octanol–water partition coefficient (Wildman–Crippen LogP) is 3.48. The van der Waals surface area contributed by atoms with E-state index in [1.165, 1.54) is 7.11 Å². The van der Waals surface area contributed by atoms with Crippen LogP contribution in [-0.4, -0.2) is 41.0 Å². The van der Waals surface area contributed by atoms with Crippen molar-refractivity contribution in [3.8, 4) is 11.5 Å². The quantitative estimate of drug-likeness (QED) is 0.209. The molecule has 0 aliphatic carbocycles. The largest absolute Gasteiger partial charge is 0.493 e. The highest BCUT2D eigenvalue weighted by Gasteiger charge is 2.07. The second-order valence-electron chi connectivity index (χ2n) is 6.97. The summed E-state index contributed by atoms with van der Waals surface area (Å²) in [4.78, 5) is 16.9. The summed E-state index contributed by atoms with van der Waals surface area (Å²) >= 11 is 0. The monoisotopic (exact) mass is 463 g/mol. The first kappa shape index (κ1) is 25.2. The molecule has 32 heavy (non-hydrogen) atoms. The molecule has 0 saturated carbocycles. The lowest BCUT2D eigenvalue weighted by molar-refractivity contribution is -0.140. The number of hydrogen-bond acceptors (Lipinski definition) is 8. The average molecular weight is 464 g/mol. The zero-order chi connectivity index (χ0) is 23.4. The average Bonchev–Trinajstić information content (AvgIpc) is 2.75. The van der Waals surface area contributed by atoms with Gasteiger partial charge in [-0.05, 0) is 47.9 Å². The van der Waals surface area contributed by atoms with Gasteiger partial charge in [0, 0.05) is 12.1 Å². The lowest BCUT2D eigenvalue weighted by Gasteiger charge is -2.11. The Morgan fingerprint density at radius 3 is 2.25 bits per heavy atom. The lowest BCUT2D eigenvalue weighted by Crippen LogP contribution is -2.18. The first-order valence-corrected chi connectivity index (χ1v) is 12.0. The van der Waals surface area contributed by atoms with Crippen molar-refractivity contribution in [1.82, 2.24) is 5.48 Å². The van der Waals surface area contributed by atoms with E-state index >= 15 is 0 Å². The number of hydrogen-bond donors (Lipinski definition) is 1. The fraction of sp³-hybridized carbons (Fsp3) is 0.348. The van der Waals surface area contributed by atoms with Gasteiger partial charge < -0.3 is 13.7 Å². The maximum Gasteiger partial charge on any atom is 0.311 e. The van der Waals surface area contributed by atoms with E-state index in [1.807, 2.05) is 37.3 Å². The number of carbonyl (C=O) groups excluding carboxylic acids is 1. The molecule has 2 rings (SSSR count). The Hall–Kier alpha value is -3.04. The Balaban J connectivity index is 1.89. The molecule has 0 unspecified atom stereocenters. The summed E-state index contributed by atoms with van der Waals surface area (Å²) < 4.78 is 37.6. The Bertz CT molecular complexity index is 984. The Kier molecular flexibility index (Phi) is 10.0. The number of benzene rings is 2. The SMILES string of the molecule is CCCONC(=Cc1ccc(OCCc2ccc(OS(C)(=O)=O)cc2)cc1)CC(=O)OC. The first-order chi connectivity index (χ1) is 15.3. The van der Waals surface area contributed by atoms with Gasteiger partial charge in [0.15, 0.2) is 0 Å². The number of ether oxygens (including phenoxy) is 2. The summed E-state index contributed by atoms with van der Waals surface area (Å²) in [6.45, 7) is 2.98. The maximum absolute atomic E-state index is 11.6. The van der Waals surface area contributed by atoms with Gasteiger partial charge in [-0.15, -0.1) is 0 Å².